The number of benzene rings is 1. The van der Waals surface area contributed by atoms with E-state index in [0.717, 1.165) is 16.9 Å². The van der Waals surface area contributed by atoms with E-state index in [1.54, 1.807) is 29.3 Å². The van der Waals surface area contributed by atoms with Gasteiger partial charge in [-0.1, -0.05) is 12.1 Å². The predicted molar refractivity (Wildman–Crippen MR) is 92.0 cm³/mol. The lowest BCUT2D eigenvalue weighted by Gasteiger charge is -2.30. The van der Waals surface area contributed by atoms with Gasteiger partial charge in [-0.15, -0.1) is 0 Å². The van der Waals surface area contributed by atoms with Crippen LogP contribution in [0.1, 0.15) is 31.8 Å². The first-order valence-corrected chi connectivity index (χ1v) is 7.80. The molecule has 2 amide bonds. The van der Waals surface area contributed by atoms with Crippen molar-refractivity contribution in [1.29, 1.82) is 0 Å². The summed E-state index contributed by atoms with van der Waals surface area (Å²) in [5.41, 5.74) is 8.48. The Hall–Kier alpha value is -2.89. The minimum absolute atomic E-state index is 0.0528. The fraction of sp³-hybridized carbons (Fsp3) is 0.278. The third kappa shape index (κ3) is 2.95. The van der Waals surface area contributed by atoms with Crippen LogP contribution in [0.25, 0.3) is 0 Å². The van der Waals surface area contributed by atoms with Gasteiger partial charge in [-0.2, -0.15) is 0 Å². The summed E-state index contributed by atoms with van der Waals surface area (Å²) in [5.74, 6) is 0.333. The maximum Gasteiger partial charge on any atom is 0.255 e. The number of fused-ring (bicyclic) bond motifs is 1. The van der Waals surface area contributed by atoms with Gasteiger partial charge in [0.2, 0.25) is 5.91 Å². The number of nitrogens with zero attached hydrogens (tertiary/aromatic N) is 3. The first-order valence-electron chi connectivity index (χ1n) is 7.80. The van der Waals surface area contributed by atoms with Crippen LogP contribution in [0.2, 0.25) is 0 Å². The second kappa shape index (κ2) is 6.31. The summed E-state index contributed by atoms with van der Waals surface area (Å²) in [6.45, 7) is 1.04. The van der Waals surface area contributed by atoms with Crippen LogP contribution in [-0.4, -0.2) is 42.3 Å². The Labute approximate surface area is 140 Å². The summed E-state index contributed by atoms with van der Waals surface area (Å²) in [5, 5.41) is 0. The number of anilines is 1. The smallest absolute Gasteiger partial charge is 0.255 e. The highest BCUT2D eigenvalue weighted by Crippen LogP contribution is 2.23. The molecule has 0 spiro atoms. The average Bonchev–Trinajstić information content (AvgIpc) is 2.60. The molecular weight excluding hydrogens is 304 g/mol. The third-order valence-electron chi connectivity index (χ3n) is 4.27. The fourth-order valence-electron chi connectivity index (χ4n) is 2.97. The quantitative estimate of drug-likeness (QED) is 0.926. The SMILES string of the molecule is CN(C)c1ccc(C(=O)N2CCc3c(cccc3C(N)=O)C2)cn1. The van der Waals surface area contributed by atoms with Gasteiger partial charge < -0.3 is 15.5 Å². The molecule has 6 nitrogen and oxygen atoms in total. The minimum atomic E-state index is -0.421. The molecule has 1 aliphatic rings. The van der Waals surface area contributed by atoms with Gasteiger partial charge in [0.25, 0.3) is 5.91 Å². The molecule has 0 atom stereocenters. The number of amides is 2. The summed E-state index contributed by atoms with van der Waals surface area (Å²) in [6, 6.07) is 9.10. The Morgan fingerprint density at radius 3 is 2.62 bits per heavy atom. The normalized spacial score (nSPS) is 13.3. The van der Waals surface area contributed by atoms with Crippen molar-refractivity contribution in [1.82, 2.24) is 9.88 Å². The Morgan fingerprint density at radius 1 is 1.21 bits per heavy atom. The number of pyridine rings is 1. The number of primary amides is 1. The average molecular weight is 324 g/mol. The molecule has 2 aromatic rings. The molecule has 1 aromatic carbocycles. The first-order chi connectivity index (χ1) is 11.5. The number of aromatic nitrogens is 1. The van der Waals surface area contributed by atoms with Gasteiger partial charge in [0.15, 0.2) is 0 Å². The highest BCUT2D eigenvalue weighted by atomic mass is 16.2. The van der Waals surface area contributed by atoms with E-state index < -0.39 is 5.91 Å². The van der Waals surface area contributed by atoms with E-state index >= 15 is 0 Å². The largest absolute Gasteiger partial charge is 0.366 e. The molecule has 1 aromatic heterocycles. The summed E-state index contributed by atoms with van der Waals surface area (Å²) in [7, 11) is 3.81. The summed E-state index contributed by atoms with van der Waals surface area (Å²) < 4.78 is 0. The van der Waals surface area contributed by atoms with Gasteiger partial charge in [0.1, 0.15) is 5.82 Å². The zero-order valence-corrected chi connectivity index (χ0v) is 13.8. The number of rotatable bonds is 3. The molecule has 0 bridgehead atoms. The Morgan fingerprint density at radius 2 is 2.00 bits per heavy atom. The van der Waals surface area contributed by atoms with E-state index in [2.05, 4.69) is 4.98 Å². The molecule has 2 heterocycles. The van der Waals surface area contributed by atoms with Crippen LogP contribution in [0.5, 0.6) is 0 Å². The van der Waals surface area contributed by atoms with Crippen LogP contribution >= 0.6 is 0 Å². The van der Waals surface area contributed by atoms with Gasteiger partial charge in [0.05, 0.1) is 5.56 Å². The summed E-state index contributed by atoms with van der Waals surface area (Å²) in [6.07, 6.45) is 2.23. The summed E-state index contributed by atoms with van der Waals surface area (Å²) >= 11 is 0. The molecule has 24 heavy (non-hydrogen) atoms. The lowest BCUT2D eigenvalue weighted by Crippen LogP contribution is -2.37. The predicted octanol–water partition coefficient (Wildman–Crippen LogP) is 1.45. The zero-order valence-electron chi connectivity index (χ0n) is 13.8. The van der Waals surface area contributed by atoms with Crippen molar-refractivity contribution in [3.05, 3.63) is 58.8 Å². The van der Waals surface area contributed by atoms with Crippen LogP contribution in [0.4, 0.5) is 5.82 Å². The maximum absolute atomic E-state index is 12.7. The van der Waals surface area contributed by atoms with Gasteiger partial charge >= 0.3 is 0 Å². The maximum atomic E-state index is 12.7. The molecule has 0 radical (unpaired) electrons. The second-order valence-corrected chi connectivity index (χ2v) is 6.08. The van der Waals surface area contributed by atoms with Crippen molar-refractivity contribution in [2.45, 2.75) is 13.0 Å². The van der Waals surface area contributed by atoms with E-state index in [0.29, 0.717) is 30.6 Å². The van der Waals surface area contributed by atoms with Crippen molar-refractivity contribution in [3.63, 3.8) is 0 Å². The molecule has 2 N–H and O–H groups in total. The molecule has 0 saturated heterocycles. The number of carbonyl (C=O) groups is 2. The van der Waals surface area contributed by atoms with Gasteiger partial charge in [-0.25, -0.2) is 4.98 Å². The molecule has 6 heteroatoms. The molecule has 0 aliphatic carbocycles. The van der Waals surface area contributed by atoms with Crippen LogP contribution in [0.3, 0.4) is 0 Å². The van der Waals surface area contributed by atoms with Crippen molar-refractivity contribution in [3.8, 4) is 0 Å². The molecule has 0 unspecified atom stereocenters. The van der Waals surface area contributed by atoms with Crippen molar-refractivity contribution in [2.75, 3.05) is 25.5 Å². The Bertz CT molecular complexity index is 784. The van der Waals surface area contributed by atoms with Crippen molar-refractivity contribution < 1.29 is 9.59 Å². The number of hydrogen-bond donors (Lipinski definition) is 1. The topological polar surface area (TPSA) is 79.5 Å². The lowest BCUT2D eigenvalue weighted by molar-refractivity contribution is 0.0734. The zero-order chi connectivity index (χ0) is 17.3. The van der Waals surface area contributed by atoms with E-state index in [4.69, 9.17) is 5.73 Å². The first kappa shape index (κ1) is 16.0. The fourth-order valence-corrected chi connectivity index (χ4v) is 2.97. The number of nitrogens with two attached hydrogens (primary N) is 1. The van der Waals surface area contributed by atoms with Crippen molar-refractivity contribution in [2.24, 2.45) is 5.73 Å². The van der Waals surface area contributed by atoms with Gasteiger partial charge in [-0.3, -0.25) is 9.59 Å². The molecule has 3 rings (SSSR count). The van der Waals surface area contributed by atoms with E-state index in [-0.39, 0.29) is 5.91 Å². The Balaban J connectivity index is 1.81. The molecule has 124 valence electrons. The van der Waals surface area contributed by atoms with E-state index in [1.165, 1.54) is 0 Å². The molecule has 1 aliphatic heterocycles. The standard InChI is InChI=1S/C18H20N4O2/c1-21(2)16-7-6-12(10-20-16)18(24)22-9-8-14-13(11-22)4-3-5-15(14)17(19)23/h3-7,10H,8-9,11H2,1-2H3,(H2,19,23). The second-order valence-electron chi connectivity index (χ2n) is 6.08. The highest BCUT2D eigenvalue weighted by Gasteiger charge is 2.24. The highest BCUT2D eigenvalue weighted by molar-refractivity contribution is 5.96. The lowest BCUT2D eigenvalue weighted by atomic mass is 9.94. The summed E-state index contributed by atoms with van der Waals surface area (Å²) in [4.78, 5) is 32.2. The molecular formula is C18H20N4O2. The van der Waals surface area contributed by atoms with Crippen molar-refractivity contribution >= 4 is 17.6 Å². The van der Waals surface area contributed by atoms with E-state index in [1.807, 2.05) is 31.1 Å². The van der Waals surface area contributed by atoms with E-state index in [9.17, 15) is 9.59 Å². The van der Waals surface area contributed by atoms with Crippen LogP contribution in [-0.2, 0) is 13.0 Å². The van der Waals surface area contributed by atoms with Crippen LogP contribution in [0.15, 0.2) is 36.5 Å². The Kier molecular flexibility index (Phi) is 4.20. The third-order valence-corrected chi connectivity index (χ3v) is 4.27. The molecule has 0 fully saturated rings. The molecule has 0 saturated carbocycles. The number of carbonyl (C=O) groups excluding carboxylic acids is 2. The van der Waals surface area contributed by atoms with Crippen LogP contribution in [0, 0.1) is 0 Å². The number of hydrogen-bond acceptors (Lipinski definition) is 4. The van der Waals surface area contributed by atoms with Gasteiger partial charge in [0, 0.05) is 38.9 Å². The van der Waals surface area contributed by atoms with Gasteiger partial charge in [-0.05, 0) is 35.7 Å². The minimum Gasteiger partial charge on any atom is -0.366 e. The van der Waals surface area contributed by atoms with Crippen LogP contribution < -0.4 is 10.6 Å². The monoisotopic (exact) mass is 324 g/mol.